The van der Waals surface area contributed by atoms with Crippen LogP contribution in [0.15, 0.2) is 0 Å². The molecule has 0 aromatic heterocycles. The number of hydrogen-bond acceptors (Lipinski definition) is 4. The summed E-state index contributed by atoms with van der Waals surface area (Å²) in [4.78, 5) is 34.7. The lowest BCUT2D eigenvalue weighted by Crippen LogP contribution is -2.50. The molecule has 0 radical (unpaired) electrons. The quantitative estimate of drug-likeness (QED) is 0.333. The van der Waals surface area contributed by atoms with Crippen molar-refractivity contribution >= 4 is 17.7 Å². The van der Waals surface area contributed by atoms with E-state index in [9.17, 15) is 14.4 Å². The zero-order valence-electron chi connectivity index (χ0n) is 21.7. The van der Waals surface area contributed by atoms with Crippen LogP contribution in [0.25, 0.3) is 0 Å². The third-order valence-corrected chi connectivity index (χ3v) is 4.64. The molecule has 7 nitrogen and oxygen atoms in total. The summed E-state index contributed by atoms with van der Waals surface area (Å²) in [5.74, 6) is 0.512. The highest BCUT2D eigenvalue weighted by Gasteiger charge is 2.19. The fourth-order valence-corrected chi connectivity index (χ4v) is 3.29. The van der Waals surface area contributed by atoms with Crippen molar-refractivity contribution in [3.05, 3.63) is 0 Å². The van der Waals surface area contributed by atoms with Gasteiger partial charge in [-0.05, 0) is 37.6 Å². The van der Waals surface area contributed by atoms with Gasteiger partial charge in [0.25, 0.3) is 0 Å². The average molecular weight is 457 g/mol. The summed E-state index contributed by atoms with van der Waals surface area (Å²) in [6.07, 6.45) is 11.6. The first-order valence-electron chi connectivity index (χ1n) is 12.7. The van der Waals surface area contributed by atoms with Gasteiger partial charge in [-0.25, -0.2) is 0 Å². The van der Waals surface area contributed by atoms with E-state index in [-0.39, 0.29) is 24.9 Å². The number of nitrogens with one attached hydrogen (secondary N) is 3. The Morgan fingerprint density at radius 2 is 1.53 bits per heavy atom. The predicted molar refractivity (Wildman–Crippen MR) is 134 cm³/mol. The normalized spacial score (nSPS) is 14.3. The number of hydrogen-bond donors (Lipinski definition) is 4. The van der Waals surface area contributed by atoms with E-state index in [4.69, 9.17) is 5.73 Å². The molecule has 0 spiro atoms. The molecule has 32 heavy (non-hydrogen) atoms. The summed E-state index contributed by atoms with van der Waals surface area (Å²) in [6, 6.07) is -0.624. The Morgan fingerprint density at radius 3 is 2.03 bits per heavy atom. The van der Waals surface area contributed by atoms with Crippen LogP contribution < -0.4 is 21.7 Å². The molecule has 1 aliphatic rings. The van der Waals surface area contributed by atoms with Crippen molar-refractivity contribution < 1.29 is 14.4 Å². The first-order chi connectivity index (χ1) is 15.2. The molecule has 0 aliphatic heterocycles. The molecule has 0 saturated heterocycles. The summed E-state index contributed by atoms with van der Waals surface area (Å²) in [5, 5.41) is 8.30. The summed E-state index contributed by atoms with van der Waals surface area (Å²) in [5.41, 5.74) is 5.01. The van der Waals surface area contributed by atoms with E-state index >= 15 is 0 Å². The van der Waals surface area contributed by atoms with Gasteiger partial charge in [-0.3, -0.25) is 14.4 Å². The molecule has 1 saturated carbocycles. The minimum atomic E-state index is -0.624. The monoisotopic (exact) mass is 456 g/mol. The maximum Gasteiger partial charge on any atom is 0.243 e. The van der Waals surface area contributed by atoms with Crippen LogP contribution in [0.2, 0.25) is 0 Å². The maximum absolute atomic E-state index is 12.0. The summed E-state index contributed by atoms with van der Waals surface area (Å²) < 4.78 is 0. The molecule has 0 aromatic carbocycles. The van der Waals surface area contributed by atoms with Gasteiger partial charge in [-0.1, -0.05) is 86.5 Å². The van der Waals surface area contributed by atoms with Crippen molar-refractivity contribution in [2.75, 3.05) is 19.6 Å². The van der Waals surface area contributed by atoms with E-state index in [1.165, 1.54) is 44.9 Å². The van der Waals surface area contributed by atoms with Gasteiger partial charge in [0.15, 0.2) is 0 Å². The average Bonchev–Trinajstić information content (AvgIpc) is 2.72. The van der Waals surface area contributed by atoms with Crippen LogP contribution in [0.1, 0.15) is 106 Å². The molecule has 3 amide bonds. The second kappa shape index (κ2) is 22.6. The predicted octanol–water partition coefficient (Wildman–Crippen LogP) is 3.90. The minimum Gasteiger partial charge on any atom is -0.368 e. The standard InChI is InChI=1S/C18H34N4O3.C4H10.C3H8/c1-2-7-15(18(25)21-12-16(19)23)22-17(24)13-20-11-6-10-14-8-4-3-5-9-14;1-4(2)3;1-3-2/h14-15,20H,2-13H2,1H3,(H2,19,23)(H,21,25)(H,22,24);4H,1-3H3;3H2,1-2H3/t15-;;/m0../s1. The molecule has 190 valence electrons. The van der Waals surface area contributed by atoms with E-state index in [1.807, 2.05) is 6.92 Å². The van der Waals surface area contributed by atoms with Crippen molar-refractivity contribution in [1.82, 2.24) is 16.0 Å². The van der Waals surface area contributed by atoms with Crippen LogP contribution in [0.5, 0.6) is 0 Å². The molecule has 0 heterocycles. The topological polar surface area (TPSA) is 113 Å². The Kier molecular flexibility index (Phi) is 22.9. The second-order valence-electron chi connectivity index (χ2n) is 9.36. The van der Waals surface area contributed by atoms with Crippen LogP contribution in [0, 0.1) is 11.8 Å². The largest absolute Gasteiger partial charge is 0.368 e. The Balaban J connectivity index is 0. The Hall–Kier alpha value is -1.63. The fourth-order valence-electron chi connectivity index (χ4n) is 3.29. The molecule has 0 bridgehead atoms. The van der Waals surface area contributed by atoms with E-state index in [1.54, 1.807) is 0 Å². The summed E-state index contributed by atoms with van der Waals surface area (Å²) >= 11 is 0. The zero-order valence-corrected chi connectivity index (χ0v) is 21.7. The van der Waals surface area contributed by atoms with Crippen LogP contribution in [0.4, 0.5) is 0 Å². The summed E-state index contributed by atoms with van der Waals surface area (Å²) in [7, 11) is 0. The van der Waals surface area contributed by atoms with Gasteiger partial charge in [-0.2, -0.15) is 0 Å². The number of carbonyl (C=O) groups is 3. The second-order valence-corrected chi connectivity index (χ2v) is 9.36. The van der Waals surface area contributed by atoms with Crippen molar-refractivity contribution in [1.29, 1.82) is 0 Å². The first-order valence-corrected chi connectivity index (χ1v) is 12.7. The fraction of sp³-hybridized carbons (Fsp3) is 0.880. The van der Waals surface area contributed by atoms with Crippen molar-refractivity contribution in [3.63, 3.8) is 0 Å². The van der Waals surface area contributed by atoms with Crippen molar-refractivity contribution in [2.45, 2.75) is 112 Å². The van der Waals surface area contributed by atoms with Crippen molar-refractivity contribution in [3.8, 4) is 0 Å². The number of primary amides is 1. The molecule has 1 aliphatic carbocycles. The van der Waals surface area contributed by atoms with Crippen LogP contribution in [-0.4, -0.2) is 43.4 Å². The lowest BCUT2D eigenvalue weighted by atomic mass is 9.86. The third-order valence-electron chi connectivity index (χ3n) is 4.64. The van der Waals surface area contributed by atoms with Crippen LogP contribution >= 0.6 is 0 Å². The molecule has 1 rings (SSSR count). The summed E-state index contributed by atoms with van der Waals surface area (Å²) in [6.45, 7) is 13.5. The Bertz CT molecular complexity index is 475. The number of amides is 3. The van der Waals surface area contributed by atoms with Crippen LogP contribution in [0.3, 0.4) is 0 Å². The lowest BCUT2D eigenvalue weighted by molar-refractivity contribution is -0.129. The van der Waals surface area contributed by atoms with Gasteiger partial charge in [0, 0.05) is 0 Å². The number of rotatable bonds is 12. The van der Waals surface area contributed by atoms with Crippen molar-refractivity contribution in [2.24, 2.45) is 17.6 Å². The van der Waals surface area contributed by atoms with E-state index < -0.39 is 11.9 Å². The van der Waals surface area contributed by atoms with E-state index in [0.717, 1.165) is 31.2 Å². The molecule has 7 heteroatoms. The highest BCUT2D eigenvalue weighted by Crippen LogP contribution is 2.26. The number of nitrogens with two attached hydrogens (primary N) is 1. The van der Waals surface area contributed by atoms with Gasteiger partial charge >= 0.3 is 0 Å². The van der Waals surface area contributed by atoms with Gasteiger partial charge in [0.2, 0.25) is 17.7 Å². The lowest BCUT2D eigenvalue weighted by Gasteiger charge is -2.21. The SMILES string of the molecule is CC(C)C.CCC.CCC[C@H](NC(=O)CNCCCC1CCCCC1)C(=O)NCC(N)=O. The zero-order chi connectivity index (χ0) is 24.8. The molecule has 0 aromatic rings. The highest BCUT2D eigenvalue weighted by atomic mass is 16.2. The van der Waals surface area contributed by atoms with Gasteiger partial charge in [-0.15, -0.1) is 0 Å². The van der Waals surface area contributed by atoms with Crippen LogP contribution in [-0.2, 0) is 14.4 Å². The third kappa shape index (κ3) is 23.0. The van der Waals surface area contributed by atoms with Gasteiger partial charge < -0.3 is 21.7 Å². The molecule has 1 fully saturated rings. The molecule has 0 unspecified atom stereocenters. The molecule has 1 atom stereocenters. The molecular weight excluding hydrogens is 404 g/mol. The van der Waals surface area contributed by atoms with E-state index in [2.05, 4.69) is 50.6 Å². The molecular formula is C25H52N4O3. The Morgan fingerprint density at radius 1 is 0.969 bits per heavy atom. The van der Waals surface area contributed by atoms with Gasteiger partial charge in [0.05, 0.1) is 13.1 Å². The Labute approximate surface area is 197 Å². The molecule has 5 N–H and O–H groups in total. The van der Waals surface area contributed by atoms with E-state index in [0.29, 0.717) is 6.42 Å². The minimum absolute atomic E-state index is 0.202. The first kappa shape index (κ1) is 32.5. The number of carbonyl (C=O) groups excluding carboxylic acids is 3. The smallest absolute Gasteiger partial charge is 0.243 e. The highest BCUT2D eigenvalue weighted by molar-refractivity contribution is 5.90. The maximum atomic E-state index is 12.0. The van der Waals surface area contributed by atoms with Gasteiger partial charge in [0.1, 0.15) is 6.04 Å².